The van der Waals surface area contributed by atoms with Crippen LogP contribution >= 0.6 is 0 Å². The van der Waals surface area contributed by atoms with Crippen LogP contribution in [-0.2, 0) is 0 Å². The fourth-order valence-corrected chi connectivity index (χ4v) is 2.34. The molecule has 4 heteroatoms. The highest BCUT2D eigenvalue weighted by atomic mass is 16.4. The van der Waals surface area contributed by atoms with E-state index in [9.17, 15) is 4.79 Å². The van der Waals surface area contributed by atoms with Gasteiger partial charge >= 0.3 is 5.97 Å². The molecule has 0 aliphatic carbocycles. The summed E-state index contributed by atoms with van der Waals surface area (Å²) in [6.45, 7) is 7.78. The molecular weight excluding hydrogens is 228 g/mol. The first-order valence-electron chi connectivity index (χ1n) is 5.78. The van der Waals surface area contributed by atoms with Crippen LogP contribution in [-0.4, -0.2) is 21.0 Å². The molecule has 0 aliphatic heterocycles. The third kappa shape index (κ3) is 2.01. The highest BCUT2D eigenvalue weighted by Crippen LogP contribution is 2.27. The molecule has 0 spiro atoms. The standard InChI is InChI=1S/C14H16N2O2/c1-7-5-8(2)11(9(3)6-7)13-15-10(4)12(16-13)14(17)18/h5-6H,1-4H3,(H,15,16)(H,17,18). The van der Waals surface area contributed by atoms with Crippen molar-refractivity contribution in [2.24, 2.45) is 0 Å². The summed E-state index contributed by atoms with van der Waals surface area (Å²) >= 11 is 0. The molecule has 4 nitrogen and oxygen atoms in total. The lowest BCUT2D eigenvalue weighted by Crippen LogP contribution is -1.98. The Kier molecular flexibility index (Phi) is 2.95. The minimum absolute atomic E-state index is 0.0874. The minimum atomic E-state index is -1.00. The fourth-order valence-electron chi connectivity index (χ4n) is 2.34. The number of imidazole rings is 1. The largest absolute Gasteiger partial charge is 0.476 e. The number of carboxylic acids is 1. The van der Waals surface area contributed by atoms with E-state index >= 15 is 0 Å². The lowest BCUT2D eigenvalue weighted by Gasteiger charge is -2.08. The highest BCUT2D eigenvalue weighted by Gasteiger charge is 2.16. The van der Waals surface area contributed by atoms with Gasteiger partial charge in [-0.25, -0.2) is 9.78 Å². The Labute approximate surface area is 106 Å². The quantitative estimate of drug-likeness (QED) is 0.853. The maximum atomic E-state index is 11.0. The summed E-state index contributed by atoms with van der Waals surface area (Å²) in [5, 5.41) is 9.03. The van der Waals surface area contributed by atoms with Crippen LogP contribution in [0.3, 0.4) is 0 Å². The molecule has 2 aromatic rings. The van der Waals surface area contributed by atoms with E-state index in [4.69, 9.17) is 5.11 Å². The van der Waals surface area contributed by atoms with E-state index in [0.29, 0.717) is 11.5 Å². The second kappa shape index (κ2) is 4.29. The molecule has 0 unspecified atom stereocenters. The predicted molar refractivity (Wildman–Crippen MR) is 69.9 cm³/mol. The number of aromatic nitrogens is 2. The third-order valence-electron chi connectivity index (χ3n) is 3.00. The average molecular weight is 244 g/mol. The number of benzene rings is 1. The van der Waals surface area contributed by atoms with Gasteiger partial charge in [-0.3, -0.25) is 0 Å². The molecular formula is C14H16N2O2. The Morgan fingerprint density at radius 2 is 1.72 bits per heavy atom. The van der Waals surface area contributed by atoms with Crippen LogP contribution in [0.5, 0.6) is 0 Å². The zero-order valence-corrected chi connectivity index (χ0v) is 11.0. The molecule has 18 heavy (non-hydrogen) atoms. The second-order valence-corrected chi connectivity index (χ2v) is 4.64. The third-order valence-corrected chi connectivity index (χ3v) is 3.00. The first kappa shape index (κ1) is 12.4. The van der Waals surface area contributed by atoms with Gasteiger partial charge in [-0.1, -0.05) is 17.7 Å². The van der Waals surface area contributed by atoms with E-state index in [-0.39, 0.29) is 5.69 Å². The van der Waals surface area contributed by atoms with Crippen molar-refractivity contribution >= 4 is 5.97 Å². The maximum Gasteiger partial charge on any atom is 0.356 e. The van der Waals surface area contributed by atoms with E-state index in [1.54, 1.807) is 6.92 Å². The maximum absolute atomic E-state index is 11.0. The first-order chi connectivity index (χ1) is 8.40. The molecule has 0 amide bonds. The summed E-state index contributed by atoms with van der Waals surface area (Å²) in [6, 6.07) is 4.14. The molecule has 1 aromatic carbocycles. The van der Waals surface area contributed by atoms with Crippen molar-refractivity contribution < 1.29 is 9.90 Å². The van der Waals surface area contributed by atoms with Crippen molar-refractivity contribution in [3.63, 3.8) is 0 Å². The molecule has 0 fully saturated rings. The Morgan fingerprint density at radius 1 is 1.17 bits per heavy atom. The smallest absolute Gasteiger partial charge is 0.356 e. The molecule has 0 radical (unpaired) electrons. The van der Waals surface area contributed by atoms with Crippen molar-refractivity contribution in [3.8, 4) is 11.4 Å². The van der Waals surface area contributed by atoms with E-state index in [0.717, 1.165) is 16.7 Å². The van der Waals surface area contributed by atoms with E-state index in [1.807, 2.05) is 20.8 Å². The minimum Gasteiger partial charge on any atom is -0.476 e. The molecule has 0 atom stereocenters. The van der Waals surface area contributed by atoms with Crippen molar-refractivity contribution in [1.29, 1.82) is 0 Å². The summed E-state index contributed by atoms with van der Waals surface area (Å²) in [4.78, 5) is 18.2. The van der Waals surface area contributed by atoms with Gasteiger partial charge in [0.1, 0.15) is 5.82 Å². The van der Waals surface area contributed by atoms with Gasteiger partial charge < -0.3 is 10.1 Å². The van der Waals surface area contributed by atoms with Gasteiger partial charge in [-0.2, -0.15) is 0 Å². The monoisotopic (exact) mass is 244 g/mol. The number of aromatic amines is 1. The lowest BCUT2D eigenvalue weighted by atomic mass is 9.99. The topological polar surface area (TPSA) is 66.0 Å². The van der Waals surface area contributed by atoms with Gasteiger partial charge in [0.15, 0.2) is 5.69 Å². The van der Waals surface area contributed by atoms with Gasteiger partial charge in [-0.05, 0) is 38.8 Å². The summed E-state index contributed by atoms with van der Waals surface area (Å²) in [5.41, 5.74) is 5.03. The normalized spacial score (nSPS) is 10.7. The van der Waals surface area contributed by atoms with Gasteiger partial charge in [0.2, 0.25) is 0 Å². The average Bonchev–Trinajstić information content (AvgIpc) is 2.58. The molecule has 0 aliphatic rings. The van der Waals surface area contributed by atoms with Crippen LogP contribution < -0.4 is 0 Å². The van der Waals surface area contributed by atoms with Crippen LogP contribution in [0.1, 0.15) is 32.9 Å². The molecule has 2 N–H and O–H groups in total. The number of aromatic carboxylic acids is 1. The molecule has 1 heterocycles. The molecule has 1 aromatic heterocycles. The second-order valence-electron chi connectivity index (χ2n) is 4.64. The summed E-state index contributed by atoms with van der Waals surface area (Å²) in [7, 11) is 0. The Bertz CT molecular complexity index is 604. The number of carbonyl (C=O) groups is 1. The number of nitrogens with zero attached hydrogens (tertiary/aromatic N) is 1. The number of carboxylic acid groups (broad SMARTS) is 1. The van der Waals surface area contributed by atoms with Crippen molar-refractivity contribution in [2.45, 2.75) is 27.7 Å². The van der Waals surface area contributed by atoms with Crippen LogP contribution in [0.2, 0.25) is 0 Å². The first-order valence-corrected chi connectivity index (χ1v) is 5.78. The van der Waals surface area contributed by atoms with Crippen molar-refractivity contribution in [3.05, 3.63) is 40.2 Å². The van der Waals surface area contributed by atoms with Gasteiger partial charge in [0, 0.05) is 11.3 Å². The SMILES string of the molecule is Cc1cc(C)c(-c2nc(C(=O)O)c(C)[nH]2)c(C)c1. The van der Waals surface area contributed by atoms with E-state index < -0.39 is 5.97 Å². The van der Waals surface area contributed by atoms with Crippen LogP contribution in [0.4, 0.5) is 0 Å². The number of hydrogen-bond acceptors (Lipinski definition) is 2. The zero-order valence-electron chi connectivity index (χ0n) is 11.0. The Hall–Kier alpha value is -2.10. The summed E-state index contributed by atoms with van der Waals surface area (Å²) in [5.74, 6) is -0.377. The van der Waals surface area contributed by atoms with Crippen LogP contribution in [0.25, 0.3) is 11.4 Å². The molecule has 94 valence electrons. The zero-order chi connectivity index (χ0) is 13.4. The molecule has 2 rings (SSSR count). The van der Waals surface area contributed by atoms with Gasteiger partial charge in [0.25, 0.3) is 0 Å². The van der Waals surface area contributed by atoms with Gasteiger partial charge in [-0.15, -0.1) is 0 Å². The number of aryl methyl sites for hydroxylation is 4. The Balaban J connectivity index is 2.63. The Morgan fingerprint density at radius 3 is 2.17 bits per heavy atom. The van der Waals surface area contributed by atoms with E-state index in [2.05, 4.69) is 22.1 Å². The van der Waals surface area contributed by atoms with Crippen molar-refractivity contribution in [2.75, 3.05) is 0 Å². The number of H-pyrrole nitrogens is 1. The number of hydrogen-bond donors (Lipinski definition) is 2. The van der Waals surface area contributed by atoms with Crippen LogP contribution in [0, 0.1) is 27.7 Å². The van der Waals surface area contributed by atoms with Crippen molar-refractivity contribution in [1.82, 2.24) is 9.97 Å². The number of rotatable bonds is 2. The number of nitrogens with one attached hydrogen (secondary N) is 1. The molecule has 0 saturated carbocycles. The summed E-state index contributed by atoms with van der Waals surface area (Å²) in [6.07, 6.45) is 0. The molecule has 0 saturated heterocycles. The van der Waals surface area contributed by atoms with Gasteiger partial charge in [0.05, 0.1) is 0 Å². The molecule has 0 bridgehead atoms. The predicted octanol–water partition coefficient (Wildman–Crippen LogP) is 3.01. The van der Waals surface area contributed by atoms with Crippen LogP contribution in [0.15, 0.2) is 12.1 Å². The summed E-state index contributed by atoms with van der Waals surface area (Å²) < 4.78 is 0. The fraction of sp³-hybridized carbons (Fsp3) is 0.286. The highest BCUT2D eigenvalue weighted by molar-refractivity contribution is 5.87. The lowest BCUT2D eigenvalue weighted by molar-refractivity contribution is 0.0690. The van der Waals surface area contributed by atoms with E-state index in [1.165, 1.54) is 5.56 Å².